The lowest BCUT2D eigenvalue weighted by atomic mass is 9.85. The highest BCUT2D eigenvalue weighted by Crippen LogP contribution is 2.47. The molecule has 13 nitrogen and oxygen atoms in total. The third-order valence-electron chi connectivity index (χ3n) is 9.89. The van der Waals surface area contributed by atoms with E-state index in [1.54, 1.807) is 0 Å². The van der Waals surface area contributed by atoms with Crippen molar-refractivity contribution in [1.82, 2.24) is 0 Å². The summed E-state index contributed by atoms with van der Waals surface area (Å²) in [5, 5.41) is 50.0. The molecule has 8 atom stereocenters. The Morgan fingerprint density at radius 3 is 1.52 bits per heavy atom. The molecule has 0 bridgehead atoms. The van der Waals surface area contributed by atoms with Gasteiger partial charge in [-0.25, -0.2) is 4.57 Å². The molecular weight excluding hydrogens is 767 g/mol. The number of hydrogen-bond acceptors (Lipinski definition) is 12. The van der Waals surface area contributed by atoms with Crippen LogP contribution in [-0.4, -0.2) is 98.3 Å². The van der Waals surface area contributed by atoms with Crippen LogP contribution in [0.15, 0.2) is 48.6 Å². The molecule has 1 fully saturated rings. The van der Waals surface area contributed by atoms with Crippen LogP contribution in [0.1, 0.15) is 162 Å². The SMILES string of the molecule is CCCCC/C=C/CCCCCCCC(=O)O[C@@H](COC(=O)CCC/C=C/C/C=C/C/C=C/CCCCCCCC)COP(=O)(O)OC1C(O)C(O)C(O)[C@H](O)C1O. The molecule has 14 heteroatoms. The maximum absolute atomic E-state index is 12.8. The molecule has 336 valence electrons. The minimum Gasteiger partial charge on any atom is -0.462 e. The van der Waals surface area contributed by atoms with Gasteiger partial charge in [0.1, 0.15) is 43.2 Å². The number of unbranched alkanes of at least 4 members (excludes halogenated alkanes) is 15. The summed E-state index contributed by atoms with van der Waals surface area (Å²) in [5.41, 5.74) is 0. The first-order chi connectivity index (χ1) is 27.9. The number of phosphoric ester groups is 1. The van der Waals surface area contributed by atoms with Crippen LogP contribution in [0, 0.1) is 0 Å². The normalized spacial score (nSPS) is 23.0. The molecule has 58 heavy (non-hydrogen) atoms. The van der Waals surface area contributed by atoms with Crippen molar-refractivity contribution < 1.29 is 63.1 Å². The second-order valence-corrected chi connectivity index (χ2v) is 16.6. The van der Waals surface area contributed by atoms with Crippen LogP contribution in [0.3, 0.4) is 0 Å². The van der Waals surface area contributed by atoms with Crippen LogP contribution < -0.4 is 0 Å². The Morgan fingerprint density at radius 2 is 0.948 bits per heavy atom. The van der Waals surface area contributed by atoms with Gasteiger partial charge in [0.05, 0.1) is 6.61 Å². The van der Waals surface area contributed by atoms with E-state index in [2.05, 4.69) is 50.3 Å². The summed E-state index contributed by atoms with van der Waals surface area (Å²) in [4.78, 5) is 35.6. The summed E-state index contributed by atoms with van der Waals surface area (Å²) < 4.78 is 33.4. The van der Waals surface area contributed by atoms with Crippen LogP contribution in [0.5, 0.6) is 0 Å². The van der Waals surface area contributed by atoms with Crippen LogP contribution >= 0.6 is 7.82 Å². The second kappa shape index (κ2) is 34.5. The number of rotatable bonds is 35. The fourth-order valence-electron chi connectivity index (χ4n) is 6.30. The monoisotopic (exact) mass is 845 g/mol. The number of phosphoric acid groups is 1. The first-order valence-electron chi connectivity index (χ1n) is 21.9. The fourth-order valence-corrected chi connectivity index (χ4v) is 7.27. The zero-order chi connectivity index (χ0) is 42.9. The Kier molecular flexibility index (Phi) is 32.0. The number of esters is 2. The lowest BCUT2D eigenvalue weighted by Gasteiger charge is -2.41. The Balaban J connectivity index is 2.52. The summed E-state index contributed by atoms with van der Waals surface area (Å²) in [5.74, 6) is -1.17. The quantitative estimate of drug-likeness (QED) is 0.0155. The topological polar surface area (TPSA) is 210 Å². The minimum atomic E-state index is -5.13. The molecule has 1 saturated carbocycles. The maximum atomic E-state index is 12.8. The van der Waals surface area contributed by atoms with E-state index in [1.807, 2.05) is 12.2 Å². The molecular formula is C44H77O13P. The standard InChI is InChI=1S/C44H77O13P/c1-3-5-7-9-11-13-15-17-18-19-20-21-23-24-26-28-30-32-37(45)54-34-36(56-38(46)33-31-29-27-25-22-16-14-12-10-8-6-4-2)35-55-58(52,53)57-44-42(50)40(48)39(47)41(49)43(44)51/h12,14,17-18,20-21,24,26,36,39-44,47-51H,3-11,13,15-16,19,22-23,25,27-35H2,1-2H3,(H,52,53)/b14-12+,18-17+,21-20+,26-24+/t36-,39?,40-,41?,42?,43?,44?/m0/s1. The highest BCUT2D eigenvalue weighted by atomic mass is 31.2. The predicted octanol–water partition coefficient (Wildman–Crippen LogP) is 8.00. The molecule has 0 radical (unpaired) electrons. The molecule has 1 rings (SSSR count). The minimum absolute atomic E-state index is 0.0745. The van der Waals surface area contributed by atoms with Crippen LogP contribution in [0.4, 0.5) is 0 Å². The van der Waals surface area contributed by atoms with E-state index in [0.717, 1.165) is 57.8 Å². The summed E-state index contributed by atoms with van der Waals surface area (Å²) in [7, 11) is -5.13. The first kappa shape index (κ1) is 53.8. The molecule has 0 saturated heterocycles. The number of ether oxygens (including phenoxy) is 2. The van der Waals surface area contributed by atoms with Gasteiger partial charge in [0.2, 0.25) is 0 Å². The summed E-state index contributed by atoms with van der Waals surface area (Å²) in [6, 6.07) is 0. The van der Waals surface area contributed by atoms with Crippen molar-refractivity contribution in [2.24, 2.45) is 0 Å². The summed E-state index contributed by atoms with van der Waals surface area (Å²) in [6.07, 6.45) is 26.1. The van der Waals surface area contributed by atoms with Gasteiger partial charge in [-0.15, -0.1) is 0 Å². The van der Waals surface area contributed by atoms with Gasteiger partial charge in [-0.3, -0.25) is 18.6 Å². The molecule has 0 amide bonds. The molecule has 0 spiro atoms. The lowest BCUT2D eigenvalue weighted by Crippen LogP contribution is -2.64. The molecule has 1 aliphatic rings. The van der Waals surface area contributed by atoms with Crippen molar-refractivity contribution in [2.75, 3.05) is 13.2 Å². The smallest absolute Gasteiger partial charge is 0.462 e. The van der Waals surface area contributed by atoms with Crippen LogP contribution in [0.2, 0.25) is 0 Å². The van der Waals surface area contributed by atoms with E-state index in [1.165, 1.54) is 57.8 Å². The number of hydrogen-bond donors (Lipinski definition) is 6. The third kappa shape index (κ3) is 26.8. The number of carbonyl (C=O) groups excluding carboxylic acids is 2. The highest BCUT2D eigenvalue weighted by Gasteiger charge is 2.51. The van der Waals surface area contributed by atoms with Crippen molar-refractivity contribution in [3.8, 4) is 0 Å². The van der Waals surface area contributed by atoms with Gasteiger partial charge < -0.3 is 39.9 Å². The average Bonchev–Trinajstić information content (AvgIpc) is 3.20. The van der Waals surface area contributed by atoms with Crippen LogP contribution in [-0.2, 0) is 32.7 Å². The average molecular weight is 845 g/mol. The van der Waals surface area contributed by atoms with Gasteiger partial charge in [0.15, 0.2) is 6.10 Å². The van der Waals surface area contributed by atoms with Crippen molar-refractivity contribution in [3.63, 3.8) is 0 Å². The zero-order valence-electron chi connectivity index (χ0n) is 35.3. The molecule has 0 aromatic heterocycles. The largest absolute Gasteiger partial charge is 0.472 e. The summed E-state index contributed by atoms with van der Waals surface area (Å²) >= 11 is 0. The molecule has 0 heterocycles. The maximum Gasteiger partial charge on any atom is 0.472 e. The Bertz CT molecular complexity index is 1210. The van der Waals surface area contributed by atoms with E-state index >= 15 is 0 Å². The number of aliphatic hydroxyl groups is 5. The molecule has 6 N–H and O–H groups in total. The first-order valence-corrected chi connectivity index (χ1v) is 23.4. The van der Waals surface area contributed by atoms with Gasteiger partial charge >= 0.3 is 19.8 Å². The van der Waals surface area contributed by atoms with Crippen molar-refractivity contribution in [2.45, 2.75) is 204 Å². The number of carbonyl (C=O) groups is 2. The lowest BCUT2D eigenvalue weighted by molar-refractivity contribution is -0.220. The van der Waals surface area contributed by atoms with E-state index in [0.29, 0.717) is 19.3 Å². The van der Waals surface area contributed by atoms with Crippen molar-refractivity contribution >= 4 is 19.8 Å². The van der Waals surface area contributed by atoms with Gasteiger partial charge in [0, 0.05) is 12.8 Å². The van der Waals surface area contributed by atoms with Gasteiger partial charge in [-0.2, -0.15) is 0 Å². The van der Waals surface area contributed by atoms with Crippen molar-refractivity contribution in [1.29, 1.82) is 0 Å². The van der Waals surface area contributed by atoms with Gasteiger partial charge in [-0.1, -0.05) is 127 Å². The van der Waals surface area contributed by atoms with E-state index in [-0.39, 0.29) is 12.8 Å². The third-order valence-corrected chi connectivity index (χ3v) is 10.9. The highest BCUT2D eigenvalue weighted by molar-refractivity contribution is 7.47. The van der Waals surface area contributed by atoms with Gasteiger partial charge in [-0.05, 0) is 70.6 Å². The van der Waals surface area contributed by atoms with Crippen molar-refractivity contribution in [3.05, 3.63) is 48.6 Å². The summed E-state index contributed by atoms with van der Waals surface area (Å²) in [6.45, 7) is 3.19. The Morgan fingerprint density at radius 1 is 0.534 bits per heavy atom. The van der Waals surface area contributed by atoms with E-state index in [9.17, 15) is 44.6 Å². The van der Waals surface area contributed by atoms with E-state index in [4.69, 9.17) is 18.5 Å². The molecule has 0 aromatic carbocycles. The molecule has 1 aliphatic carbocycles. The van der Waals surface area contributed by atoms with E-state index < -0.39 is 75.7 Å². The molecule has 6 unspecified atom stereocenters. The number of aliphatic hydroxyl groups excluding tert-OH is 5. The molecule has 0 aliphatic heterocycles. The fraction of sp³-hybridized carbons (Fsp3) is 0.773. The molecule has 0 aromatic rings. The number of allylic oxidation sites excluding steroid dienone is 8. The van der Waals surface area contributed by atoms with Crippen LogP contribution in [0.25, 0.3) is 0 Å². The Labute approximate surface area is 348 Å². The predicted molar refractivity (Wildman–Crippen MR) is 226 cm³/mol. The zero-order valence-corrected chi connectivity index (χ0v) is 36.2. The second-order valence-electron chi connectivity index (χ2n) is 15.2. The Hall–Kier alpha value is -2.19. The van der Waals surface area contributed by atoms with Gasteiger partial charge in [0.25, 0.3) is 0 Å².